The number of anilines is 1. The largest absolute Gasteiger partial charge is 0.495 e. The van der Waals surface area contributed by atoms with Gasteiger partial charge >= 0.3 is 0 Å². The minimum absolute atomic E-state index is 0.0467. The van der Waals surface area contributed by atoms with Crippen LogP contribution in [0.5, 0.6) is 5.75 Å². The maximum Gasteiger partial charge on any atom is 0.143 e. The van der Waals surface area contributed by atoms with Crippen molar-refractivity contribution in [2.45, 2.75) is 26.8 Å². The molecule has 0 bridgehead atoms. The minimum Gasteiger partial charge on any atom is -0.495 e. The highest BCUT2D eigenvalue weighted by Gasteiger charge is 2.12. The van der Waals surface area contributed by atoms with Crippen LogP contribution in [0.15, 0.2) is 30.3 Å². The van der Waals surface area contributed by atoms with Crippen LogP contribution < -0.4 is 10.1 Å². The summed E-state index contributed by atoms with van der Waals surface area (Å²) in [4.78, 5) is 0. The molecule has 0 amide bonds. The van der Waals surface area contributed by atoms with Gasteiger partial charge in [0.05, 0.1) is 12.8 Å². The summed E-state index contributed by atoms with van der Waals surface area (Å²) in [5, 5.41) is 4.00. The third-order valence-corrected chi connectivity index (χ3v) is 3.96. The van der Waals surface area contributed by atoms with E-state index in [2.05, 4.69) is 5.32 Å². The van der Waals surface area contributed by atoms with E-state index in [0.29, 0.717) is 16.3 Å². The maximum atomic E-state index is 13.7. The van der Waals surface area contributed by atoms with E-state index < -0.39 is 0 Å². The van der Waals surface area contributed by atoms with Crippen molar-refractivity contribution in [3.8, 4) is 5.75 Å². The number of hydrogen-bond donors (Lipinski definition) is 1. The summed E-state index contributed by atoms with van der Waals surface area (Å²) in [5.74, 6) is 0.477. The van der Waals surface area contributed by atoms with Gasteiger partial charge in [-0.3, -0.25) is 0 Å². The second-order valence-electron chi connectivity index (χ2n) is 5.18. The van der Waals surface area contributed by atoms with Gasteiger partial charge in [-0.2, -0.15) is 0 Å². The highest BCUT2D eigenvalue weighted by molar-refractivity contribution is 6.31. The molecule has 0 fully saturated rings. The summed E-state index contributed by atoms with van der Waals surface area (Å²) in [7, 11) is 1.60. The fourth-order valence-corrected chi connectivity index (χ4v) is 2.29. The second-order valence-corrected chi connectivity index (χ2v) is 5.58. The zero-order chi connectivity index (χ0) is 15.6. The van der Waals surface area contributed by atoms with Gasteiger partial charge in [0.1, 0.15) is 11.6 Å². The minimum atomic E-state index is -0.194. The Morgan fingerprint density at radius 1 is 1.14 bits per heavy atom. The van der Waals surface area contributed by atoms with E-state index in [1.165, 1.54) is 0 Å². The van der Waals surface area contributed by atoms with Crippen LogP contribution in [0, 0.1) is 19.7 Å². The topological polar surface area (TPSA) is 21.3 Å². The van der Waals surface area contributed by atoms with Gasteiger partial charge in [0.2, 0.25) is 0 Å². The lowest BCUT2D eigenvalue weighted by atomic mass is 10.1. The number of ether oxygens (including phenoxy) is 1. The lowest BCUT2D eigenvalue weighted by Crippen LogP contribution is -2.08. The first-order valence-electron chi connectivity index (χ1n) is 6.79. The SMILES string of the molecule is COc1cc(Cl)c(C)cc1NC(C)c1ccc(C)c(F)c1. The van der Waals surface area contributed by atoms with Crippen molar-refractivity contribution < 1.29 is 9.13 Å². The number of hydrogen-bond acceptors (Lipinski definition) is 2. The molecule has 0 saturated carbocycles. The second kappa shape index (κ2) is 6.35. The predicted octanol–water partition coefficient (Wildman–Crippen LogP) is 5.28. The molecule has 0 aliphatic heterocycles. The number of methoxy groups -OCH3 is 1. The van der Waals surface area contributed by atoms with E-state index >= 15 is 0 Å². The summed E-state index contributed by atoms with van der Waals surface area (Å²) in [6.07, 6.45) is 0. The van der Waals surface area contributed by atoms with E-state index in [1.54, 1.807) is 32.2 Å². The Kier molecular flexibility index (Phi) is 4.73. The number of rotatable bonds is 4. The van der Waals surface area contributed by atoms with Crippen molar-refractivity contribution in [2.75, 3.05) is 12.4 Å². The normalized spacial score (nSPS) is 12.1. The molecule has 21 heavy (non-hydrogen) atoms. The van der Waals surface area contributed by atoms with Gasteiger partial charge < -0.3 is 10.1 Å². The number of nitrogens with one attached hydrogen (secondary N) is 1. The Balaban J connectivity index is 2.28. The van der Waals surface area contributed by atoms with Crippen LogP contribution in [0.2, 0.25) is 5.02 Å². The molecule has 0 aromatic heterocycles. The predicted molar refractivity (Wildman–Crippen MR) is 85.9 cm³/mol. The fraction of sp³-hybridized carbons (Fsp3) is 0.294. The van der Waals surface area contributed by atoms with Crippen LogP contribution in [-0.4, -0.2) is 7.11 Å². The van der Waals surface area contributed by atoms with E-state index in [9.17, 15) is 4.39 Å². The van der Waals surface area contributed by atoms with Crippen molar-refractivity contribution in [1.29, 1.82) is 0 Å². The van der Waals surface area contributed by atoms with Crippen molar-refractivity contribution in [2.24, 2.45) is 0 Å². The Hall–Kier alpha value is -1.74. The quantitative estimate of drug-likeness (QED) is 0.830. The van der Waals surface area contributed by atoms with E-state index in [4.69, 9.17) is 16.3 Å². The molecule has 1 atom stereocenters. The summed E-state index contributed by atoms with van der Waals surface area (Å²) in [5.41, 5.74) is 3.33. The highest BCUT2D eigenvalue weighted by atomic mass is 35.5. The highest BCUT2D eigenvalue weighted by Crippen LogP contribution is 2.33. The van der Waals surface area contributed by atoms with Crippen molar-refractivity contribution in [3.05, 3.63) is 57.9 Å². The average molecular weight is 308 g/mol. The molecule has 2 rings (SSSR count). The molecular weight excluding hydrogens is 289 g/mol. The lowest BCUT2D eigenvalue weighted by molar-refractivity contribution is 0.416. The van der Waals surface area contributed by atoms with Gasteiger partial charge in [-0.15, -0.1) is 0 Å². The van der Waals surface area contributed by atoms with E-state index in [1.807, 2.05) is 26.0 Å². The smallest absolute Gasteiger partial charge is 0.143 e. The van der Waals surface area contributed by atoms with Crippen LogP contribution in [0.1, 0.15) is 29.7 Å². The van der Waals surface area contributed by atoms with Crippen LogP contribution in [0.3, 0.4) is 0 Å². The number of benzene rings is 2. The molecule has 4 heteroatoms. The molecule has 0 radical (unpaired) electrons. The third-order valence-electron chi connectivity index (χ3n) is 3.55. The standard InChI is InChI=1S/C17H19ClFNO/c1-10-5-6-13(8-15(10)19)12(3)20-16-7-11(2)14(18)9-17(16)21-4/h5-9,12,20H,1-4H3. The lowest BCUT2D eigenvalue weighted by Gasteiger charge is -2.19. The maximum absolute atomic E-state index is 13.7. The Labute approximate surface area is 129 Å². The molecule has 1 unspecified atom stereocenters. The molecule has 2 nitrogen and oxygen atoms in total. The van der Waals surface area contributed by atoms with Gasteiger partial charge in [0.25, 0.3) is 0 Å². The van der Waals surface area contributed by atoms with Gasteiger partial charge in [-0.05, 0) is 49.6 Å². The van der Waals surface area contributed by atoms with Gasteiger partial charge in [-0.1, -0.05) is 23.7 Å². The summed E-state index contributed by atoms with van der Waals surface area (Å²) < 4.78 is 19.0. The van der Waals surface area contributed by atoms with Crippen LogP contribution in [-0.2, 0) is 0 Å². The van der Waals surface area contributed by atoms with Crippen LogP contribution in [0.25, 0.3) is 0 Å². The molecule has 2 aromatic carbocycles. The van der Waals surface area contributed by atoms with Gasteiger partial charge in [0, 0.05) is 17.1 Å². The molecule has 0 aliphatic rings. The first-order chi connectivity index (χ1) is 9.92. The molecular formula is C17H19ClFNO. The zero-order valence-electron chi connectivity index (χ0n) is 12.6. The molecule has 2 aromatic rings. The van der Waals surface area contributed by atoms with Crippen molar-refractivity contribution >= 4 is 17.3 Å². The van der Waals surface area contributed by atoms with E-state index in [-0.39, 0.29) is 11.9 Å². The van der Waals surface area contributed by atoms with E-state index in [0.717, 1.165) is 16.8 Å². The van der Waals surface area contributed by atoms with Gasteiger partial charge in [-0.25, -0.2) is 4.39 Å². The Bertz CT molecular complexity index is 657. The fourth-order valence-electron chi connectivity index (χ4n) is 2.14. The monoisotopic (exact) mass is 307 g/mol. The summed E-state index contributed by atoms with van der Waals surface area (Å²) in [6.45, 7) is 5.67. The van der Waals surface area contributed by atoms with Crippen molar-refractivity contribution in [3.63, 3.8) is 0 Å². The molecule has 112 valence electrons. The number of aryl methyl sites for hydroxylation is 2. The molecule has 0 heterocycles. The molecule has 0 spiro atoms. The first kappa shape index (κ1) is 15.6. The average Bonchev–Trinajstić information content (AvgIpc) is 2.45. The molecule has 0 saturated heterocycles. The Morgan fingerprint density at radius 2 is 1.86 bits per heavy atom. The van der Waals surface area contributed by atoms with Gasteiger partial charge in [0.15, 0.2) is 0 Å². The zero-order valence-corrected chi connectivity index (χ0v) is 13.4. The van der Waals surface area contributed by atoms with Crippen LogP contribution in [0.4, 0.5) is 10.1 Å². The summed E-state index contributed by atoms with van der Waals surface area (Å²) >= 11 is 6.10. The third kappa shape index (κ3) is 3.48. The number of halogens is 2. The van der Waals surface area contributed by atoms with Crippen molar-refractivity contribution in [1.82, 2.24) is 0 Å². The molecule has 1 N–H and O–H groups in total. The van der Waals surface area contributed by atoms with Crippen LogP contribution >= 0.6 is 11.6 Å². The molecule has 0 aliphatic carbocycles. The Morgan fingerprint density at radius 3 is 2.48 bits per heavy atom. The summed E-state index contributed by atoms with van der Waals surface area (Å²) in [6, 6.07) is 8.93. The first-order valence-corrected chi connectivity index (χ1v) is 7.17.